The molecule has 0 saturated heterocycles. The van der Waals surface area contributed by atoms with Crippen LogP contribution in [0.2, 0.25) is 0 Å². The second-order valence-electron chi connectivity index (χ2n) is 5.30. The van der Waals surface area contributed by atoms with Gasteiger partial charge >= 0.3 is 0 Å². The van der Waals surface area contributed by atoms with Crippen molar-refractivity contribution >= 4 is 0 Å². The molecule has 1 aliphatic rings. The van der Waals surface area contributed by atoms with Crippen LogP contribution in [0.1, 0.15) is 25.3 Å². The van der Waals surface area contributed by atoms with Gasteiger partial charge in [-0.3, -0.25) is 4.90 Å². The molecule has 0 amide bonds. The number of hydrogen-bond acceptors (Lipinski definition) is 2. The van der Waals surface area contributed by atoms with E-state index < -0.39 is 5.92 Å². The van der Waals surface area contributed by atoms with Crippen LogP contribution in [-0.2, 0) is 6.54 Å². The third kappa shape index (κ3) is 5.25. The van der Waals surface area contributed by atoms with Crippen LogP contribution in [0.25, 0.3) is 0 Å². The Morgan fingerprint density at radius 1 is 1.26 bits per heavy atom. The van der Waals surface area contributed by atoms with Crippen molar-refractivity contribution in [2.75, 3.05) is 19.6 Å². The van der Waals surface area contributed by atoms with E-state index in [9.17, 15) is 8.78 Å². The SMILES string of the molecule is CCN(Cc1ccccc1)CC(F)(F)CNC1CC1. The molecule has 2 rings (SSSR count). The smallest absolute Gasteiger partial charge is 0.272 e. The average molecular weight is 268 g/mol. The Morgan fingerprint density at radius 3 is 2.53 bits per heavy atom. The van der Waals surface area contributed by atoms with Gasteiger partial charge in [0.2, 0.25) is 0 Å². The number of alkyl halides is 2. The van der Waals surface area contributed by atoms with Gasteiger partial charge < -0.3 is 5.32 Å². The summed E-state index contributed by atoms with van der Waals surface area (Å²) in [5, 5.41) is 2.91. The van der Waals surface area contributed by atoms with E-state index >= 15 is 0 Å². The van der Waals surface area contributed by atoms with E-state index in [1.165, 1.54) is 0 Å². The molecule has 1 fully saturated rings. The van der Waals surface area contributed by atoms with E-state index in [4.69, 9.17) is 0 Å². The molecule has 1 aromatic carbocycles. The number of hydrogen-bond donors (Lipinski definition) is 1. The Morgan fingerprint density at radius 2 is 1.95 bits per heavy atom. The summed E-state index contributed by atoms with van der Waals surface area (Å²) >= 11 is 0. The molecule has 0 bridgehead atoms. The van der Waals surface area contributed by atoms with Crippen molar-refractivity contribution in [1.82, 2.24) is 10.2 Å². The summed E-state index contributed by atoms with van der Waals surface area (Å²) in [6.45, 7) is 2.75. The Hall–Kier alpha value is -1.00. The van der Waals surface area contributed by atoms with E-state index in [0.717, 1.165) is 18.4 Å². The van der Waals surface area contributed by atoms with Gasteiger partial charge in [0.15, 0.2) is 0 Å². The summed E-state index contributed by atoms with van der Waals surface area (Å²) in [5.41, 5.74) is 1.08. The largest absolute Gasteiger partial charge is 0.308 e. The molecule has 1 aliphatic carbocycles. The number of nitrogens with one attached hydrogen (secondary N) is 1. The van der Waals surface area contributed by atoms with E-state index in [1.807, 2.05) is 37.3 Å². The first-order chi connectivity index (χ1) is 9.09. The second-order valence-corrected chi connectivity index (χ2v) is 5.30. The van der Waals surface area contributed by atoms with E-state index in [2.05, 4.69) is 5.32 Å². The van der Waals surface area contributed by atoms with Crippen molar-refractivity contribution in [3.05, 3.63) is 35.9 Å². The summed E-state index contributed by atoms with van der Waals surface area (Å²) in [6.07, 6.45) is 2.08. The molecule has 0 radical (unpaired) electrons. The molecule has 1 saturated carbocycles. The van der Waals surface area contributed by atoms with Crippen LogP contribution in [0.5, 0.6) is 0 Å². The quantitative estimate of drug-likeness (QED) is 0.780. The molecule has 106 valence electrons. The summed E-state index contributed by atoms with van der Waals surface area (Å²) in [5.74, 6) is -2.66. The summed E-state index contributed by atoms with van der Waals surface area (Å²) in [6, 6.07) is 10.1. The summed E-state index contributed by atoms with van der Waals surface area (Å²) in [4.78, 5) is 1.80. The molecule has 0 aliphatic heterocycles. The van der Waals surface area contributed by atoms with Crippen LogP contribution in [-0.4, -0.2) is 36.5 Å². The van der Waals surface area contributed by atoms with Gasteiger partial charge in [-0.05, 0) is 24.9 Å². The lowest BCUT2D eigenvalue weighted by Gasteiger charge is -2.26. The highest BCUT2D eigenvalue weighted by molar-refractivity contribution is 5.14. The van der Waals surface area contributed by atoms with Gasteiger partial charge in [0.05, 0.1) is 13.1 Å². The molecule has 4 heteroatoms. The van der Waals surface area contributed by atoms with Crippen LogP contribution >= 0.6 is 0 Å². The highest BCUT2D eigenvalue weighted by atomic mass is 19.3. The van der Waals surface area contributed by atoms with Crippen molar-refractivity contribution in [2.45, 2.75) is 38.3 Å². The molecule has 0 unspecified atom stereocenters. The van der Waals surface area contributed by atoms with Crippen LogP contribution < -0.4 is 5.32 Å². The molecule has 0 atom stereocenters. The molecule has 0 spiro atoms. The van der Waals surface area contributed by atoms with Crippen molar-refractivity contribution in [1.29, 1.82) is 0 Å². The number of halogens is 2. The first kappa shape index (κ1) is 14.4. The molecule has 1 N–H and O–H groups in total. The fourth-order valence-corrected chi connectivity index (χ4v) is 2.09. The predicted octanol–water partition coefficient (Wildman–Crippen LogP) is 2.90. The monoisotopic (exact) mass is 268 g/mol. The molecular weight excluding hydrogens is 246 g/mol. The van der Waals surface area contributed by atoms with Crippen molar-refractivity contribution in [3.8, 4) is 0 Å². The first-order valence-corrected chi connectivity index (χ1v) is 6.96. The van der Waals surface area contributed by atoms with Gasteiger partial charge in [-0.1, -0.05) is 37.3 Å². The standard InChI is InChI=1S/C15H22F2N2/c1-2-19(10-13-6-4-3-5-7-13)12-15(16,17)11-18-14-8-9-14/h3-7,14,18H,2,8-12H2,1H3. The van der Waals surface area contributed by atoms with Gasteiger partial charge in [-0.2, -0.15) is 0 Å². The maximum absolute atomic E-state index is 13.8. The highest BCUT2D eigenvalue weighted by Crippen LogP contribution is 2.22. The zero-order chi connectivity index (χ0) is 13.7. The Bertz CT molecular complexity index is 377. The molecule has 0 heterocycles. The van der Waals surface area contributed by atoms with E-state index in [1.54, 1.807) is 4.90 Å². The van der Waals surface area contributed by atoms with Gasteiger partial charge in [-0.25, -0.2) is 8.78 Å². The molecular formula is C15H22F2N2. The fraction of sp³-hybridized carbons (Fsp3) is 0.600. The summed E-state index contributed by atoms with van der Waals surface area (Å²) < 4.78 is 27.7. The minimum Gasteiger partial charge on any atom is -0.308 e. The average Bonchev–Trinajstić information content (AvgIpc) is 3.21. The van der Waals surface area contributed by atoms with E-state index in [0.29, 0.717) is 19.1 Å². The molecule has 2 nitrogen and oxygen atoms in total. The highest BCUT2D eigenvalue weighted by Gasteiger charge is 2.33. The molecule has 0 aromatic heterocycles. The number of rotatable bonds is 8. The first-order valence-electron chi connectivity index (χ1n) is 6.96. The van der Waals surface area contributed by atoms with Gasteiger partial charge in [-0.15, -0.1) is 0 Å². The lowest BCUT2D eigenvalue weighted by atomic mass is 10.2. The van der Waals surface area contributed by atoms with Crippen LogP contribution in [0, 0.1) is 0 Å². The summed E-state index contributed by atoms with van der Waals surface area (Å²) in [7, 11) is 0. The van der Waals surface area contributed by atoms with Crippen molar-refractivity contribution < 1.29 is 8.78 Å². The maximum atomic E-state index is 13.8. The fourth-order valence-electron chi connectivity index (χ4n) is 2.09. The lowest BCUT2D eigenvalue weighted by molar-refractivity contribution is -0.0316. The topological polar surface area (TPSA) is 15.3 Å². The third-order valence-electron chi connectivity index (χ3n) is 3.38. The van der Waals surface area contributed by atoms with Crippen LogP contribution in [0.3, 0.4) is 0 Å². The van der Waals surface area contributed by atoms with Gasteiger partial charge in [0.25, 0.3) is 5.92 Å². The van der Waals surface area contributed by atoms with Gasteiger partial charge in [0.1, 0.15) is 0 Å². The lowest BCUT2D eigenvalue weighted by Crippen LogP contribution is -2.43. The van der Waals surface area contributed by atoms with Crippen LogP contribution in [0.4, 0.5) is 8.78 Å². The molecule has 1 aromatic rings. The number of benzene rings is 1. The predicted molar refractivity (Wildman–Crippen MR) is 73.4 cm³/mol. The Kier molecular flexibility index (Phi) is 4.88. The molecule has 19 heavy (non-hydrogen) atoms. The Labute approximate surface area is 113 Å². The van der Waals surface area contributed by atoms with Gasteiger partial charge in [0, 0.05) is 12.6 Å². The normalized spacial score (nSPS) is 16.0. The second kappa shape index (κ2) is 6.44. The zero-order valence-electron chi connectivity index (χ0n) is 11.4. The Balaban J connectivity index is 1.82. The van der Waals surface area contributed by atoms with Crippen molar-refractivity contribution in [2.24, 2.45) is 0 Å². The van der Waals surface area contributed by atoms with E-state index in [-0.39, 0.29) is 13.1 Å². The minimum absolute atomic E-state index is 0.182. The number of nitrogens with zero attached hydrogens (tertiary/aromatic N) is 1. The van der Waals surface area contributed by atoms with Crippen LogP contribution in [0.15, 0.2) is 30.3 Å². The maximum Gasteiger partial charge on any atom is 0.272 e. The van der Waals surface area contributed by atoms with Crippen molar-refractivity contribution in [3.63, 3.8) is 0 Å². The minimum atomic E-state index is -2.66. The third-order valence-corrected chi connectivity index (χ3v) is 3.38. The zero-order valence-corrected chi connectivity index (χ0v) is 11.4.